The van der Waals surface area contributed by atoms with Crippen molar-refractivity contribution in [2.24, 2.45) is 5.92 Å². The van der Waals surface area contributed by atoms with Crippen molar-refractivity contribution in [2.75, 3.05) is 33.9 Å². The van der Waals surface area contributed by atoms with Gasteiger partial charge in [0.2, 0.25) is 0 Å². The zero-order chi connectivity index (χ0) is 13.7. The van der Waals surface area contributed by atoms with Crippen LogP contribution in [-0.4, -0.2) is 50.3 Å². The summed E-state index contributed by atoms with van der Waals surface area (Å²) in [6.07, 6.45) is 9.37. The minimum Gasteiger partial charge on any atom is -0.381 e. The summed E-state index contributed by atoms with van der Waals surface area (Å²) in [5, 5.41) is 3.85. The van der Waals surface area contributed by atoms with E-state index in [1.807, 2.05) is 0 Å². The smallest absolute Gasteiger partial charge is 0.0469 e. The average molecular weight is 268 g/mol. The van der Waals surface area contributed by atoms with Crippen LogP contribution in [0.15, 0.2) is 0 Å². The normalized spacial score (nSPS) is 26.5. The van der Waals surface area contributed by atoms with Gasteiger partial charge in [-0.25, -0.2) is 0 Å². The van der Waals surface area contributed by atoms with E-state index in [0.717, 1.165) is 25.7 Å². The summed E-state index contributed by atoms with van der Waals surface area (Å²) < 4.78 is 5.57. The molecule has 1 unspecified atom stereocenters. The maximum Gasteiger partial charge on any atom is 0.0469 e. The predicted octanol–water partition coefficient (Wildman–Crippen LogP) is 2.66. The van der Waals surface area contributed by atoms with Gasteiger partial charge in [0.05, 0.1) is 0 Å². The van der Waals surface area contributed by atoms with Gasteiger partial charge in [0, 0.05) is 24.8 Å². The van der Waals surface area contributed by atoms with Crippen LogP contribution in [0.3, 0.4) is 0 Å². The fourth-order valence-electron chi connectivity index (χ4n) is 4.26. The molecule has 1 heterocycles. The minimum absolute atomic E-state index is 0.371. The average Bonchev–Trinajstić information content (AvgIpc) is 2.46. The van der Waals surface area contributed by atoms with Crippen LogP contribution in [0.2, 0.25) is 0 Å². The molecule has 3 heteroatoms. The van der Waals surface area contributed by atoms with E-state index in [9.17, 15) is 0 Å². The fourth-order valence-corrected chi connectivity index (χ4v) is 4.26. The number of hydrogen-bond donors (Lipinski definition) is 1. The molecule has 0 bridgehead atoms. The number of likely N-dealkylation sites (N-methyl/N-ethyl adjacent to an activating group) is 2. The molecule has 1 saturated heterocycles. The highest BCUT2D eigenvalue weighted by Gasteiger charge is 2.44. The van der Waals surface area contributed by atoms with Crippen molar-refractivity contribution in [3.8, 4) is 0 Å². The van der Waals surface area contributed by atoms with Gasteiger partial charge in [-0.05, 0) is 52.2 Å². The van der Waals surface area contributed by atoms with Crippen LogP contribution < -0.4 is 5.32 Å². The van der Waals surface area contributed by atoms with E-state index in [-0.39, 0.29) is 0 Å². The number of hydrogen-bond acceptors (Lipinski definition) is 3. The Kier molecular flexibility index (Phi) is 5.67. The molecule has 19 heavy (non-hydrogen) atoms. The molecule has 1 saturated carbocycles. The third-order valence-electron chi connectivity index (χ3n) is 5.35. The van der Waals surface area contributed by atoms with Crippen LogP contribution in [0.4, 0.5) is 0 Å². The van der Waals surface area contributed by atoms with Gasteiger partial charge in [-0.1, -0.05) is 26.2 Å². The molecule has 0 spiro atoms. The van der Waals surface area contributed by atoms with Crippen LogP contribution in [0.5, 0.6) is 0 Å². The Labute approximate surface area is 119 Å². The van der Waals surface area contributed by atoms with Crippen LogP contribution in [0, 0.1) is 5.92 Å². The molecule has 0 aromatic carbocycles. The van der Waals surface area contributed by atoms with E-state index in [1.165, 1.54) is 44.9 Å². The van der Waals surface area contributed by atoms with Crippen LogP contribution in [-0.2, 0) is 4.74 Å². The summed E-state index contributed by atoms with van der Waals surface area (Å²) in [4.78, 5) is 2.52. The Balaban J connectivity index is 2.17. The molecular formula is C16H32N2O. The van der Waals surface area contributed by atoms with E-state index < -0.39 is 0 Å². The molecule has 1 N–H and O–H groups in total. The second-order valence-corrected chi connectivity index (χ2v) is 6.54. The third-order valence-corrected chi connectivity index (χ3v) is 5.35. The standard InChI is InChI=1S/C16H32N2O/c1-4-17-15(14-8-12-19-13-9-14)16(18(2)3)10-6-5-7-11-16/h14-15,17H,4-13H2,1-3H3. The topological polar surface area (TPSA) is 24.5 Å². The first kappa shape index (κ1) is 15.3. The SMILES string of the molecule is CCNC(C1CCOCC1)C1(N(C)C)CCCCC1. The fraction of sp³-hybridized carbons (Fsp3) is 1.00. The number of ether oxygens (including phenoxy) is 1. The molecular weight excluding hydrogens is 236 g/mol. The molecule has 0 aromatic heterocycles. The Bertz CT molecular complexity index is 255. The monoisotopic (exact) mass is 268 g/mol. The summed E-state index contributed by atoms with van der Waals surface area (Å²) in [6.45, 7) is 5.24. The lowest BCUT2D eigenvalue weighted by molar-refractivity contribution is -0.00831. The maximum atomic E-state index is 5.57. The first-order valence-corrected chi connectivity index (χ1v) is 8.19. The molecule has 2 aliphatic rings. The summed E-state index contributed by atoms with van der Waals surface area (Å²) in [7, 11) is 4.57. The lowest BCUT2D eigenvalue weighted by Crippen LogP contribution is -2.63. The third kappa shape index (κ3) is 3.32. The number of nitrogens with zero attached hydrogens (tertiary/aromatic N) is 1. The van der Waals surface area contributed by atoms with E-state index in [4.69, 9.17) is 4.74 Å². The maximum absolute atomic E-state index is 5.57. The van der Waals surface area contributed by atoms with Crippen molar-refractivity contribution >= 4 is 0 Å². The van der Waals surface area contributed by atoms with Gasteiger partial charge in [-0.15, -0.1) is 0 Å². The van der Waals surface area contributed by atoms with Crippen LogP contribution >= 0.6 is 0 Å². The van der Waals surface area contributed by atoms with Gasteiger partial charge in [0.1, 0.15) is 0 Å². The highest BCUT2D eigenvalue weighted by atomic mass is 16.5. The van der Waals surface area contributed by atoms with Crippen molar-refractivity contribution in [3.63, 3.8) is 0 Å². The summed E-state index contributed by atoms with van der Waals surface area (Å²) >= 11 is 0. The molecule has 1 aliphatic heterocycles. The first-order valence-electron chi connectivity index (χ1n) is 8.19. The lowest BCUT2D eigenvalue weighted by Gasteiger charge is -2.52. The van der Waals surface area contributed by atoms with Gasteiger partial charge in [-0.3, -0.25) is 0 Å². The largest absolute Gasteiger partial charge is 0.381 e. The second-order valence-electron chi connectivity index (χ2n) is 6.54. The molecule has 2 rings (SSSR count). The number of nitrogens with one attached hydrogen (secondary N) is 1. The summed E-state index contributed by atoms with van der Waals surface area (Å²) in [5.41, 5.74) is 0.371. The van der Waals surface area contributed by atoms with Crippen LogP contribution in [0.25, 0.3) is 0 Å². The summed E-state index contributed by atoms with van der Waals surface area (Å²) in [6, 6.07) is 0.636. The van der Waals surface area contributed by atoms with Crippen molar-refractivity contribution in [1.29, 1.82) is 0 Å². The zero-order valence-electron chi connectivity index (χ0n) is 13.1. The molecule has 3 nitrogen and oxygen atoms in total. The Hall–Kier alpha value is -0.120. The summed E-state index contributed by atoms with van der Waals surface area (Å²) in [5.74, 6) is 0.786. The molecule has 1 atom stereocenters. The minimum atomic E-state index is 0.371. The highest BCUT2D eigenvalue weighted by Crippen LogP contribution is 2.39. The quantitative estimate of drug-likeness (QED) is 0.829. The molecule has 0 aromatic rings. The Morgan fingerprint density at radius 1 is 1.16 bits per heavy atom. The van der Waals surface area contributed by atoms with Crippen molar-refractivity contribution < 1.29 is 4.74 Å². The van der Waals surface area contributed by atoms with Gasteiger partial charge >= 0.3 is 0 Å². The molecule has 112 valence electrons. The first-order chi connectivity index (χ1) is 9.20. The molecule has 0 amide bonds. The van der Waals surface area contributed by atoms with Crippen molar-refractivity contribution in [1.82, 2.24) is 10.2 Å². The Morgan fingerprint density at radius 3 is 2.32 bits per heavy atom. The zero-order valence-corrected chi connectivity index (χ0v) is 13.1. The second kappa shape index (κ2) is 7.05. The highest BCUT2D eigenvalue weighted by molar-refractivity contribution is 5.03. The van der Waals surface area contributed by atoms with Gasteiger partial charge in [0.25, 0.3) is 0 Å². The van der Waals surface area contributed by atoms with E-state index in [0.29, 0.717) is 11.6 Å². The van der Waals surface area contributed by atoms with Crippen LogP contribution in [0.1, 0.15) is 51.9 Å². The van der Waals surface area contributed by atoms with E-state index in [2.05, 4.69) is 31.2 Å². The van der Waals surface area contributed by atoms with Gasteiger partial charge in [-0.2, -0.15) is 0 Å². The predicted molar refractivity (Wildman–Crippen MR) is 80.5 cm³/mol. The van der Waals surface area contributed by atoms with E-state index in [1.54, 1.807) is 0 Å². The van der Waals surface area contributed by atoms with Gasteiger partial charge < -0.3 is 15.0 Å². The van der Waals surface area contributed by atoms with Crippen molar-refractivity contribution in [2.45, 2.75) is 63.5 Å². The Morgan fingerprint density at radius 2 is 1.79 bits per heavy atom. The molecule has 1 aliphatic carbocycles. The van der Waals surface area contributed by atoms with Gasteiger partial charge in [0.15, 0.2) is 0 Å². The lowest BCUT2D eigenvalue weighted by atomic mass is 9.69. The number of rotatable bonds is 5. The van der Waals surface area contributed by atoms with E-state index >= 15 is 0 Å². The van der Waals surface area contributed by atoms with Crippen molar-refractivity contribution in [3.05, 3.63) is 0 Å². The molecule has 2 fully saturated rings. The molecule has 0 radical (unpaired) electrons.